The van der Waals surface area contributed by atoms with Gasteiger partial charge in [-0.05, 0) is 119 Å². The van der Waals surface area contributed by atoms with Crippen molar-refractivity contribution in [2.75, 3.05) is 26.3 Å². The molecule has 11 atom stereocenters. The number of thiol groups is 2. The maximum absolute atomic E-state index is 15.8. The monoisotopic (exact) mass is 1280 g/mol. The maximum Gasteiger partial charge on any atom is 2.00 e. The molecule has 0 aromatic heterocycles. The number of carboxylic acids is 2. The van der Waals surface area contributed by atoms with Crippen molar-refractivity contribution in [1.29, 1.82) is 0 Å². The van der Waals surface area contributed by atoms with Crippen molar-refractivity contribution in [2.45, 2.75) is 112 Å². The minimum atomic E-state index is -1.73. The number of nitrogens with one attached hydrogen (secondary N) is 2. The van der Waals surface area contributed by atoms with Crippen LogP contribution in [-0.4, -0.2) is 114 Å². The summed E-state index contributed by atoms with van der Waals surface area (Å²) in [5.41, 5.74) is 2.73. The van der Waals surface area contributed by atoms with Crippen LogP contribution in [0.5, 0.6) is 11.5 Å². The molecule has 1 saturated carbocycles. The summed E-state index contributed by atoms with van der Waals surface area (Å²) >= 11 is 17.4. The van der Waals surface area contributed by atoms with E-state index in [9.17, 15) is 45.2 Å². The Bertz CT molecular complexity index is 3530. The largest absolute Gasteiger partial charge is 2.00 e. The van der Waals surface area contributed by atoms with Crippen LogP contribution in [0.1, 0.15) is 103 Å². The Hall–Kier alpha value is -5.15. The Kier molecular flexibility index (Phi) is 20.8. The second kappa shape index (κ2) is 27.5. The number of rotatable bonds is 19. The third-order valence-electron chi connectivity index (χ3n) is 16.8. The Balaban J connectivity index is 0.000000721. The smallest absolute Gasteiger partial charge is 0.764 e. The van der Waals surface area contributed by atoms with Gasteiger partial charge in [0.05, 0.1) is 31.2 Å². The van der Waals surface area contributed by atoms with Gasteiger partial charge >= 0.3 is 35.0 Å². The molecule has 11 rings (SSSR count). The first-order valence-electron chi connectivity index (χ1n) is 27.9. The molecule has 3 aromatic rings. The van der Waals surface area contributed by atoms with Gasteiger partial charge in [-0.3, -0.25) is 19.6 Å². The molecule has 0 bridgehead atoms. The molecular weight excluding hydrogens is 1220 g/mol. The van der Waals surface area contributed by atoms with Gasteiger partial charge in [-0.1, -0.05) is 47.5 Å². The van der Waals surface area contributed by atoms with Gasteiger partial charge in [-0.15, -0.1) is 0 Å². The molecule has 3 aromatic carbocycles. The molecular formula is C61H64MnN2O17S4. The van der Waals surface area contributed by atoms with E-state index in [4.69, 9.17) is 53.8 Å². The number of aliphatic hydroxyl groups is 3. The van der Waals surface area contributed by atoms with Crippen LogP contribution in [0.4, 0.5) is 0 Å². The number of carboxylic acid groups (broad SMARTS) is 2. The molecule has 1 fully saturated rings. The summed E-state index contributed by atoms with van der Waals surface area (Å²) in [6.07, 6.45) is 6.72. The van der Waals surface area contributed by atoms with Crippen LogP contribution in [0.25, 0.3) is 21.9 Å². The van der Waals surface area contributed by atoms with Gasteiger partial charge in [0.25, 0.3) is 6.29 Å². The number of hydrogen-bond acceptors (Lipinski definition) is 21. The molecule has 3 aliphatic heterocycles. The molecule has 11 unspecified atom stereocenters. The zero-order valence-electron chi connectivity index (χ0n) is 46.2. The predicted molar refractivity (Wildman–Crippen MR) is 317 cm³/mol. The van der Waals surface area contributed by atoms with Crippen molar-refractivity contribution >= 4 is 102 Å². The molecule has 0 spiro atoms. The SMILES string of the molecule is CCC1=CC(O)C(O)C(Oc2c(C(=O)O)c3c4c5c(cc(C(Cc6cccc7c6COCC(=O)O7)OO)cc25)=C(C(=O)C2C=CCCC2)C2=CC(C(=O)C5CCC(C)C(C(=O)O)C5)=C5C=COC(=C5C24)C=3CO)O1.[Mn+2].[S-]C(S)NCCNC([S-])S. The summed E-state index contributed by atoms with van der Waals surface area (Å²) in [6, 6.07) is 8.27. The Morgan fingerprint density at radius 2 is 1.74 bits per heavy atom. The van der Waals surface area contributed by atoms with Crippen molar-refractivity contribution in [3.63, 3.8) is 0 Å². The number of carbonyl (C=O) groups is 5. The molecule has 0 amide bonds. The van der Waals surface area contributed by atoms with Crippen molar-refractivity contribution in [3.05, 3.63) is 139 Å². The summed E-state index contributed by atoms with van der Waals surface area (Å²) in [7, 11) is 0. The standard InChI is InChI=1S/C57H54O17.C4H12N2S4.Mn/c1-3-30-20-39(59)52(63)57(71-30)73-54-36-18-29(41(74-68)19-27-10-7-11-40-38(27)23-69-24-42(60)72-40)17-34-43(36)48-45-35(44(34)51(62)26-8-5-4-6-9-26)21-33(50(61)28-13-12-25(2)32(16-28)55(64)65)31-14-15-70-53(47(31)45)37(22-58)46(48)49(54)56(66)67;7-3(8)5-1-2-6-4(9)10;/h5,7-8,10-11,14-15,17-18,20-21,25-26,28,32,39,41,45,52,57-59,63,68H,3-4,6,9,12-13,16,19,22-24H2,1-2H3,(H,64,65)(H,66,67);3-10H,1-2H2;/q;;+2/p-2. The normalized spacial score (nSPS) is 25.5. The summed E-state index contributed by atoms with van der Waals surface area (Å²) in [6.45, 7) is 4.06. The molecule has 85 heavy (non-hydrogen) atoms. The topological polar surface area (TPSA) is 286 Å². The van der Waals surface area contributed by atoms with Gasteiger partial charge in [0.15, 0.2) is 17.7 Å². The van der Waals surface area contributed by atoms with Gasteiger partial charge in [-0.25, -0.2) is 14.5 Å². The van der Waals surface area contributed by atoms with E-state index < -0.39 is 78.4 Å². The number of Topliss-reactive ketones (excluding diaryl/α,β-unsaturated/α-hetero) is 2. The van der Waals surface area contributed by atoms with Gasteiger partial charge in [0.2, 0.25) is 0 Å². The van der Waals surface area contributed by atoms with Gasteiger partial charge < -0.3 is 85.1 Å². The minimum Gasteiger partial charge on any atom is -0.764 e. The Morgan fingerprint density at radius 3 is 2.40 bits per heavy atom. The van der Waals surface area contributed by atoms with E-state index in [1.165, 1.54) is 12.3 Å². The first kappa shape index (κ1) is 64.3. The Labute approximate surface area is 522 Å². The van der Waals surface area contributed by atoms with Crippen molar-refractivity contribution in [1.82, 2.24) is 10.6 Å². The number of ketones is 2. The zero-order valence-corrected chi connectivity index (χ0v) is 50.8. The minimum absolute atomic E-state index is 0. The summed E-state index contributed by atoms with van der Waals surface area (Å²) in [4.78, 5) is 75.5. The van der Waals surface area contributed by atoms with E-state index in [0.29, 0.717) is 64.5 Å². The molecule has 3 heterocycles. The molecule has 1 radical (unpaired) electrons. The number of carbonyl (C=O) groups excluding carboxylic acids is 3. The number of aromatic carboxylic acids is 1. The van der Waals surface area contributed by atoms with E-state index >= 15 is 9.59 Å². The second-order valence-corrected chi connectivity index (χ2v) is 24.5. The van der Waals surface area contributed by atoms with Crippen molar-refractivity contribution < 1.29 is 100 Å². The first-order valence-corrected chi connectivity index (χ1v) is 29.8. The van der Waals surface area contributed by atoms with Gasteiger partial charge in [0, 0.05) is 82.1 Å². The van der Waals surface area contributed by atoms with Crippen LogP contribution in [0, 0.1) is 23.7 Å². The number of allylic oxidation sites excluding steroid dienone is 9. The van der Waals surface area contributed by atoms with Gasteiger partial charge in [0.1, 0.15) is 41.6 Å². The molecule has 0 saturated heterocycles. The molecule has 5 aliphatic carbocycles. The summed E-state index contributed by atoms with van der Waals surface area (Å²) in [5, 5.41) is 73.3. The van der Waals surface area contributed by atoms with Crippen LogP contribution in [-0.2, 0) is 93.6 Å². The fraction of sp³-hybridized carbons (Fsp3) is 0.426. The molecule has 451 valence electrons. The van der Waals surface area contributed by atoms with E-state index in [1.807, 2.05) is 19.1 Å². The molecule has 8 N–H and O–H groups in total. The van der Waals surface area contributed by atoms with E-state index in [1.54, 1.807) is 49.4 Å². The number of aliphatic hydroxyl groups excluding tert-OH is 3. The average molecular weight is 1280 g/mol. The van der Waals surface area contributed by atoms with E-state index in [0.717, 1.165) is 19.5 Å². The number of benzene rings is 3. The predicted octanol–water partition coefficient (Wildman–Crippen LogP) is 5.25. The molecule has 24 heteroatoms. The number of esters is 1. The van der Waals surface area contributed by atoms with Crippen LogP contribution in [0.3, 0.4) is 0 Å². The fourth-order valence-electron chi connectivity index (χ4n) is 12.8. The quantitative estimate of drug-likeness (QED) is 0.00701. The Morgan fingerprint density at radius 1 is 0.988 bits per heavy atom. The van der Waals surface area contributed by atoms with Gasteiger partial charge in [-0.2, -0.15) is 25.3 Å². The number of hydrogen-bond donors (Lipinski definition) is 10. The number of aliphatic carboxylic acids is 1. The van der Waals surface area contributed by atoms with Crippen molar-refractivity contribution in [3.8, 4) is 11.5 Å². The third kappa shape index (κ3) is 12.8. The van der Waals surface area contributed by atoms with Crippen LogP contribution in [0.2, 0.25) is 0 Å². The van der Waals surface area contributed by atoms with E-state index in [2.05, 4.69) is 35.9 Å². The van der Waals surface area contributed by atoms with E-state index in [-0.39, 0.29) is 138 Å². The fourth-order valence-corrected chi connectivity index (χ4v) is 13.3. The average Bonchev–Trinajstić information content (AvgIpc) is 0.801. The summed E-state index contributed by atoms with van der Waals surface area (Å²) < 4.78 is 29.8. The van der Waals surface area contributed by atoms with Crippen LogP contribution in [0.15, 0.2) is 101 Å². The zero-order chi connectivity index (χ0) is 59.8. The summed E-state index contributed by atoms with van der Waals surface area (Å²) in [5.74, 6) is -6.84. The number of ether oxygens (including phenoxy) is 5. The number of fused-ring (bicyclic) bond motifs is 1. The molecule has 19 nitrogen and oxygen atoms in total. The van der Waals surface area contributed by atoms with Crippen molar-refractivity contribution in [2.24, 2.45) is 23.7 Å². The van der Waals surface area contributed by atoms with Crippen LogP contribution < -0.4 is 30.5 Å². The second-order valence-electron chi connectivity index (χ2n) is 21.8. The maximum atomic E-state index is 15.8. The first-order chi connectivity index (χ1) is 40.3. The third-order valence-corrected chi connectivity index (χ3v) is 17.5. The van der Waals surface area contributed by atoms with Crippen LogP contribution >= 0.6 is 25.3 Å². The molecule has 8 aliphatic rings.